The Balaban J connectivity index is 1.39. The summed E-state index contributed by atoms with van der Waals surface area (Å²) in [6.07, 6.45) is 0.840. The Hall–Kier alpha value is -3.62. The van der Waals surface area contributed by atoms with Crippen molar-refractivity contribution in [2.75, 3.05) is 18.4 Å². The number of carbonyl (C=O) groups excluding carboxylic acids is 1. The molecule has 0 aliphatic carbocycles. The Kier molecular flexibility index (Phi) is 5.12. The molecule has 0 saturated heterocycles. The number of rotatable bonds is 4. The number of benzene rings is 2. The molecule has 1 N–H and O–H groups in total. The molecule has 0 bridgehead atoms. The molecule has 0 fully saturated rings. The van der Waals surface area contributed by atoms with Crippen molar-refractivity contribution in [3.05, 3.63) is 76.3 Å². The predicted octanol–water partition coefficient (Wildman–Crippen LogP) is 4.94. The fourth-order valence-corrected chi connectivity index (χ4v) is 5.43. The van der Waals surface area contributed by atoms with Gasteiger partial charge in [0.15, 0.2) is 0 Å². The number of likely N-dealkylation sites (N-methyl/N-ethyl adjacent to an activating group) is 1. The van der Waals surface area contributed by atoms with Gasteiger partial charge in [-0.1, -0.05) is 55.0 Å². The summed E-state index contributed by atoms with van der Waals surface area (Å²) in [6, 6.07) is 16.2. The standard InChI is InChI=1S/C26H24N6OS/c1-3-31-13-12-21-19(14-31)23(18-6-4-5-7-20(18)27-21)24(33)28-25-29-26-32(30-25)22(15-34-26)17-10-8-16(2)9-11-17/h4-11,15H,3,12-14H2,1-2H3,(H,28,30,33). The summed E-state index contributed by atoms with van der Waals surface area (Å²) in [4.78, 5) is 26.2. The molecule has 170 valence electrons. The molecule has 5 aromatic rings. The van der Waals surface area contributed by atoms with Gasteiger partial charge in [-0.2, -0.15) is 4.98 Å². The van der Waals surface area contributed by atoms with Crippen LogP contribution in [-0.4, -0.2) is 43.5 Å². The van der Waals surface area contributed by atoms with Gasteiger partial charge in [0.25, 0.3) is 11.9 Å². The SMILES string of the molecule is CCN1CCc2nc3ccccc3c(C(=O)Nc3nc4scc(-c5ccc(C)cc5)n4n3)c2C1. The molecule has 0 radical (unpaired) electrons. The molecule has 34 heavy (non-hydrogen) atoms. The van der Waals surface area contributed by atoms with Crippen molar-refractivity contribution in [2.24, 2.45) is 0 Å². The van der Waals surface area contributed by atoms with Crippen LogP contribution in [0.1, 0.15) is 34.1 Å². The lowest BCUT2D eigenvalue weighted by molar-refractivity contribution is 0.102. The van der Waals surface area contributed by atoms with Crippen molar-refractivity contribution in [2.45, 2.75) is 26.8 Å². The van der Waals surface area contributed by atoms with Crippen LogP contribution >= 0.6 is 11.3 Å². The number of aromatic nitrogens is 4. The molecule has 3 aromatic heterocycles. The van der Waals surface area contributed by atoms with E-state index < -0.39 is 0 Å². The van der Waals surface area contributed by atoms with Gasteiger partial charge in [-0.15, -0.1) is 16.4 Å². The van der Waals surface area contributed by atoms with Gasteiger partial charge in [-0.05, 0) is 19.5 Å². The topological polar surface area (TPSA) is 75.4 Å². The van der Waals surface area contributed by atoms with Crippen molar-refractivity contribution < 1.29 is 4.79 Å². The number of fused-ring (bicyclic) bond motifs is 3. The summed E-state index contributed by atoms with van der Waals surface area (Å²) >= 11 is 1.51. The predicted molar refractivity (Wildman–Crippen MR) is 135 cm³/mol. The van der Waals surface area contributed by atoms with Crippen LogP contribution in [0.5, 0.6) is 0 Å². The lowest BCUT2D eigenvalue weighted by atomic mass is 9.95. The highest BCUT2D eigenvalue weighted by atomic mass is 32.1. The first kappa shape index (κ1) is 20.9. The zero-order chi connectivity index (χ0) is 23.2. The van der Waals surface area contributed by atoms with Gasteiger partial charge in [-0.25, -0.2) is 4.52 Å². The summed E-state index contributed by atoms with van der Waals surface area (Å²) < 4.78 is 1.80. The van der Waals surface area contributed by atoms with Gasteiger partial charge in [0.2, 0.25) is 4.96 Å². The van der Waals surface area contributed by atoms with E-state index in [4.69, 9.17) is 4.98 Å². The lowest BCUT2D eigenvalue weighted by Crippen LogP contribution is -2.33. The first-order chi connectivity index (χ1) is 16.6. The number of carbonyl (C=O) groups is 1. The van der Waals surface area contributed by atoms with Crippen LogP contribution < -0.4 is 5.32 Å². The van der Waals surface area contributed by atoms with E-state index in [1.54, 1.807) is 4.52 Å². The highest BCUT2D eigenvalue weighted by Crippen LogP contribution is 2.30. The molecule has 0 atom stereocenters. The summed E-state index contributed by atoms with van der Waals surface area (Å²) in [5, 5.41) is 10.5. The largest absolute Gasteiger partial charge is 0.299 e. The molecule has 4 heterocycles. The average Bonchev–Trinajstić information content (AvgIpc) is 3.43. The average molecular weight is 469 g/mol. The molecule has 7 nitrogen and oxygen atoms in total. The van der Waals surface area contributed by atoms with Crippen molar-refractivity contribution in [3.8, 4) is 11.3 Å². The van der Waals surface area contributed by atoms with Gasteiger partial charge in [-0.3, -0.25) is 20.0 Å². The molecule has 6 rings (SSSR count). The fourth-order valence-electron chi connectivity index (χ4n) is 4.60. The Bertz CT molecular complexity index is 1530. The van der Waals surface area contributed by atoms with Crippen LogP contribution in [0.3, 0.4) is 0 Å². The maximum atomic E-state index is 13.6. The van der Waals surface area contributed by atoms with Crippen molar-refractivity contribution in [1.82, 2.24) is 24.5 Å². The Morgan fingerprint density at radius 2 is 1.94 bits per heavy atom. The molecule has 0 saturated carbocycles. The first-order valence-electron chi connectivity index (χ1n) is 11.5. The zero-order valence-corrected chi connectivity index (χ0v) is 19.9. The Morgan fingerprint density at radius 1 is 1.12 bits per heavy atom. The van der Waals surface area contributed by atoms with Crippen LogP contribution in [0.2, 0.25) is 0 Å². The van der Waals surface area contributed by atoms with Gasteiger partial charge >= 0.3 is 0 Å². The second kappa shape index (κ2) is 8.30. The number of hydrogen-bond donors (Lipinski definition) is 1. The molecule has 0 unspecified atom stereocenters. The number of pyridine rings is 1. The number of anilines is 1. The summed E-state index contributed by atoms with van der Waals surface area (Å²) in [7, 11) is 0. The first-order valence-corrected chi connectivity index (χ1v) is 12.3. The van der Waals surface area contributed by atoms with Crippen LogP contribution in [0, 0.1) is 6.92 Å². The second-order valence-electron chi connectivity index (χ2n) is 8.62. The fraction of sp³-hybridized carbons (Fsp3) is 0.231. The minimum atomic E-state index is -0.192. The van der Waals surface area contributed by atoms with E-state index >= 15 is 0 Å². The highest BCUT2D eigenvalue weighted by Gasteiger charge is 2.26. The number of hydrogen-bond acceptors (Lipinski definition) is 6. The molecular weight excluding hydrogens is 444 g/mol. The van der Waals surface area contributed by atoms with Gasteiger partial charge in [0.05, 0.1) is 16.8 Å². The maximum absolute atomic E-state index is 13.6. The lowest BCUT2D eigenvalue weighted by Gasteiger charge is -2.29. The minimum absolute atomic E-state index is 0.192. The number of thiazole rings is 1. The molecule has 0 spiro atoms. The van der Waals surface area contributed by atoms with E-state index in [2.05, 4.69) is 58.4 Å². The Morgan fingerprint density at radius 3 is 2.76 bits per heavy atom. The van der Waals surface area contributed by atoms with E-state index in [0.29, 0.717) is 11.5 Å². The molecule has 1 amide bonds. The number of para-hydroxylation sites is 1. The van der Waals surface area contributed by atoms with E-state index in [0.717, 1.165) is 64.4 Å². The third-order valence-corrected chi connectivity index (χ3v) is 7.27. The highest BCUT2D eigenvalue weighted by molar-refractivity contribution is 7.15. The van der Waals surface area contributed by atoms with E-state index in [-0.39, 0.29) is 5.91 Å². The zero-order valence-electron chi connectivity index (χ0n) is 19.1. The summed E-state index contributed by atoms with van der Waals surface area (Å²) in [5.41, 5.74) is 6.76. The third kappa shape index (κ3) is 3.55. The monoisotopic (exact) mass is 468 g/mol. The van der Waals surface area contributed by atoms with Crippen LogP contribution in [0.4, 0.5) is 5.95 Å². The Labute approximate surface area is 201 Å². The molecule has 2 aromatic carbocycles. The van der Waals surface area contributed by atoms with Crippen LogP contribution in [0.25, 0.3) is 27.1 Å². The molecule has 8 heteroatoms. The van der Waals surface area contributed by atoms with Gasteiger partial charge in [0, 0.05) is 47.1 Å². The summed E-state index contributed by atoms with van der Waals surface area (Å²) in [6.45, 7) is 6.82. The number of nitrogens with zero attached hydrogens (tertiary/aromatic N) is 5. The van der Waals surface area contributed by atoms with E-state index in [1.165, 1.54) is 16.9 Å². The number of amides is 1. The minimum Gasteiger partial charge on any atom is -0.299 e. The molecule has 1 aliphatic heterocycles. The van der Waals surface area contributed by atoms with E-state index in [9.17, 15) is 4.79 Å². The van der Waals surface area contributed by atoms with E-state index in [1.807, 2.05) is 29.6 Å². The molecular formula is C26H24N6OS. The maximum Gasteiger partial charge on any atom is 0.259 e. The van der Waals surface area contributed by atoms with Gasteiger partial charge in [0.1, 0.15) is 0 Å². The van der Waals surface area contributed by atoms with Crippen molar-refractivity contribution >= 4 is 39.1 Å². The third-order valence-electron chi connectivity index (χ3n) is 6.45. The number of aryl methyl sites for hydroxylation is 1. The summed E-state index contributed by atoms with van der Waals surface area (Å²) in [5.74, 6) is 0.117. The smallest absolute Gasteiger partial charge is 0.259 e. The van der Waals surface area contributed by atoms with Crippen LogP contribution in [0.15, 0.2) is 53.9 Å². The number of nitrogens with one attached hydrogen (secondary N) is 1. The quantitative estimate of drug-likeness (QED) is 0.404. The second-order valence-corrected chi connectivity index (χ2v) is 9.46. The van der Waals surface area contributed by atoms with Crippen molar-refractivity contribution in [1.29, 1.82) is 0 Å². The van der Waals surface area contributed by atoms with Gasteiger partial charge < -0.3 is 0 Å². The normalized spacial score (nSPS) is 13.9. The van der Waals surface area contributed by atoms with Crippen LogP contribution in [-0.2, 0) is 13.0 Å². The molecule has 1 aliphatic rings. The van der Waals surface area contributed by atoms with Crippen molar-refractivity contribution in [3.63, 3.8) is 0 Å².